The first-order valence-corrected chi connectivity index (χ1v) is 8.92. The second kappa shape index (κ2) is 6.19. The molecule has 1 saturated heterocycles. The largest absolute Gasteiger partial charge is 0.382 e. The topological polar surface area (TPSA) is 154 Å². The maximum atomic E-state index is 12.9. The highest BCUT2D eigenvalue weighted by Crippen LogP contribution is 2.28. The van der Waals surface area contributed by atoms with E-state index in [2.05, 4.69) is 19.9 Å². The van der Waals surface area contributed by atoms with Crippen LogP contribution in [-0.4, -0.2) is 53.0 Å². The van der Waals surface area contributed by atoms with Crippen molar-refractivity contribution < 1.29 is 4.79 Å². The van der Waals surface area contributed by atoms with Gasteiger partial charge in [0.15, 0.2) is 11.5 Å². The van der Waals surface area contributed by atoms with Crippen LogP contribution in [-0.2, 0) is 0 Å². The number of carbonyl (C=O) groups excluding carboxylic acids is 1. The normalized spacial score (nSPS) is 14.3. The van der Waals surface area contributed by atoms with Crippen LogP contribution in [0.25, 0.3) is 16.9 Å². The van der Waals surface area contributed by atoms with Crippen LogP contribution in [0.4, 0.5) is 11.8 Å². The molecule has 0 radical (unpaired) electrons. The number of hydrogen-bond acceptors (Lipinski definition) is 7. The number of hydrogen-bond donors (Lipinski definition) is 3. The molecule has 0 saturated carbocycles. The number of fused-ring (bicyclic) bond motifs is 1. The number of nitrogens with one attached hydrogen (secondary N) is 1. The molecule has 5 N–H and O–H groups in total. The summed E-state index contributed by atoms with van der Waals surface area (Å²) in [7, 11) is 0. The van der Waals surface area contributed by atoms with E-state index in [-0.39, 0.29) is 29.4 Å². The molecule has 0 unspecified atom stereocenters. The number of benzene rings is 1. The Kier molecular flexibility index (Phi) is 3.63. The fourth-order valence-electron chi connectivity index (χ4n) is 3.52. The maximum Gasteiger partial charge on any atom is 0.330 e. The summed E-state index contributed by atoms with van der Waals surface area (Å²) in [6, 6.07) is 6.99. The van der Waals surface area contributed by atoms with E-state index < -0.39 is 0 Å². The zero-order chi connectivity index (χ0) is 20.1. The van der Waals surface area contributed by atoms with Gasteiger partial charge in [0.25, 0.3) is 5.91 Å². The number of nitrogens with two attached hydrogens (primary N) is 2. The molecule has 3 aromatic heterocycles. The molecule has 1 aliphatic rings. The number of carbonyl (C=O) groups is 1. The summed E-state index contributed by atoms with van der Waals surface area (Å²) in [6.07, 6.45) is 4.81. The van der Waals surface area contributed by atoms with Crippen LogP contribution in [0, 0.1) is 0 Å². The van der Waals surface area contributed by atoms with Gasteiger partial charge in [-0.1, -0.05) is 6.07 Å². The molecule has 5 rings (SSSR count). The Morgan fingerprint density at radius 1 is 1.21 bits per heavy atom. The number of aromatic amines is 1. The van der Waals surface area contributed by atoms with Crippen molar-refractivity contribution in [2.45, 2.75) is 6.04 Å². The van der Waals surface area contributed by atoms with E-state index in [0.717, 1.165) is 0 Å². The summed E-state index contributed by atoms with van der Waals surface area (Å²) in [6.45, 7) is 1.00. The van der Waals surface area contributed by atoms with Gasteiger partial charge in [-0.3, -0.25) is 9.36 Å². The Hall–Kier alpha value is -4.15. The van der Waals surface area contributed by atoms with Crippen LogP contribution in [0.1, 0.15) is 16.4 Å². The van der Waals surface area contributed by atoms with Crippen molar-refractivity contribution in [2.24, 2.45) is 0 Å². The number of likely N-dealkylation sites (tertiary alicyclic amines) is 1. The highest BCUT2D eigenvalue weighted by atomic mass is 16.2. The second-order valence-corrected chi connectivity index (χ2v) is 6.84. The van der Waals surface area contributed by atoms with Crippen molar-refractivity contribution in [1.29, 1.82) is 0 Å². The first-order chi connectivity index (χ1) is 14.0. The third kappa shape index (κ3) is 2.71. The molecule has 0 aliphatic carbocycles. The molecule has 4 heterocycles. The number of imidazole rings is 2. The van der Waals surface area contributed by atoms with Gasteiger partial charge in [-0.25, -0.2) is 9.78 Å². The fraction of sp³-hybridized carbons (Fsp3) is 0.167. The average Bonchev–Trinajstić information content (AvgIpc) is 3.27. The van der Waals surface area contributed by atoms with Gasteiger partial charge in [-0.15, -0.1) is 0 Å². The van der Waals surface area contributed by atoms with E-state index >= 15 is 0 Å². The standard InChI is InChI=1S/C18H17N9O2/c19-14-13-15(24-17(20)23-14)27(9-22-13)12-7-25(8-12)16(28)10-2-1-3-11(6-10)26-5-4-21-18(26)29/h1-6,9,12H,7-8H2,(H,21,29)(H4,19,20,23,24). The van der Waals surface area contributed by atoms with Gasteiger partial charge in [0.1, 0.15) is 5.52 Å². The molecule has 11 heteroatoms. The molecule has 4 aromatic rings. The fourth-order valence-corrected chi connectivity index (χ4v) is 3.52. The number of anilines is 2. The lowest BCUT2D eigenvalue weighted by Gasteiger charge is -2.40. The quantitative estimate of drug-likeness (QED) is 0.450. The van der Waals surface area contributed by atoms with Crippen molar-refractivity contribution in [3.8, 4) is 5.69 Å². The van der Waals surface area contributed by atoms with E-state index in [4.69, 9.17) is 11.5 Å². The Labute approximate surface area is 163 Å². The predicted octanol–water partition coefficient (Wildman–Crippen LogP) is 0.167. The van der Waals surface area contributed by atoms with Crippen LogP contribution >= 0.6 is 0 Å². The Morgan fingerprint density at radius 3 is 2.79 bits per heavy atom. The molecule has 0 bridgehead atoms. The molecule has 0 atom stereocenters. The third-order valence-corrected chi connectivity index (χ3v) is 5.03. The van der Waals surface area contributed by atoms with Crippen LogP contribution in [0.5, 0.6) is 0 Å². The molecule has 11 nitrogen and oxygen atoms in total. The molecular formula is C18H17N9O2. The summed E-state index contributed by atoms with van der Waals surface area (Å²) in [5.74, 6) is 0.209. The zero-order valence-corrected chi connectivity index (χ0v) is 15.2. The number of rotatable bonds is 3. The second-order valence-electron chi connectivity index (χ2n) is 6.84. The summed E-state index contributed by atoms with van der Waals surface area (Å²) in [5.41, 5.74) is 13.5. The van der Waals surface area contributed by atoms with E-state index in [1.54, 1.807) is 47.9 Å². The van der Waals surface area contributed by atoms with Crippen molar-refractivity contribution in [3.63, 3.8) is 0 Å². The van der Waals surface area contributed by atoms with E-state index in [1.807, 2.05) is 4.57 Å². The summed E-state index contributed by atoms with van der Waals surface area (Å²) < 4.78 is 3.31. The number of nitrogen functional groups attached to an aromatic ring is 2. The van der Waals surface area contributed by atoms with Gasteiger partial charge < -0.3 is 25.9 Å². The van der Waals surface area contributed by atoms with Gasteiger partial charge >= 0.3 is 5.69 Å². The minimum Gasteiger partial charge on any atom is -0.382 e. The van der Waals surface area contributed by atoms with Crippen molar-refractivity contribution in [2.75, 3.05) is 24.6 Å². The monoisotopic (exact) mass is 391 g/mol. The SMILES string of the molecule is Nc1nc(N)c2ncn(C3CN(C(=O)c4cccc(-n5cc[nH]c5=O)c4)C3)c2n1. The van der Waals surface area contributed by atoms with Crippen molar-refractivity contribution in [1.82, 2.24) is 34.0 Å². The van der Waals surface area contributed by atoms with Crippen molar-refractivity contribution >= 4 is 28.8 Å². The molecule has 1 aromatic carbocycles. The maximum absolute atomic E-state index is 12.9. The van der Waals surface area contributed by atoms with Gasteiger partial charge in [0.2, 0.25) is 5.95 Å². The molecule has 146 valence electrons. The molecule has 0 spiro atoms. The van der Waals surface area contributed by atoms with Gasteiger partial charge in [-0.2, -0.15) is 9.97 Å². The van der Waals surface area contributed by atoms with Crippen LogP contribution in [0.15, 0.2) is 47.8 Å². The summed E-state index contributed by atoms with van der Waals surface area (Å²) in [5, 5.41) is 0. The Balaban J connectivity index is 1.36. The highest BCUT2D eigenvalue weighted by molar-refractivity contribution is 5.95. The van der Waals surface area contributed by atoms with Crippen molar-refractivity contribution in [3.05, 3.63) is 59.0 Å². The number of aromatic nitrogens is 6. The van der Waals surface area contributed by atoms with Gasteiger partial charge in [0.05, 0.1) is 18.1 Å². The van der Waals surface area contributed by atoms with Crippen LogP contribution in [0.2, 0.25) is 0 Å². The van der Waals surface area contributed by atoms with Crippen LogP contribution in [0.3, 0.4) is 0 Å². The van der Waals surface area contributed by atoms with Crippen LogP contribution < -0.4 is 17.2 Å². The summed E-state index contributed by atoms with van der Waals surface area (Å²) in [4.78, 5) is 41.4. The lowest BCUT2D eigenvalue weighted by atomic mass is 10.1. The Morgan fingerprint density at radius 2 is 2.03 bits per heavy atom. The lowest BCUT2D eigenvalue weighted by molar-refractivity contribution is 0.0525. The smallest absolute Gasteiger partial charge is 0.330 e. The molecule has 1 fully saturated rings. The third-order valence-electron chi connectivity index (χ3n) is 5.03. The zero-order valence-electron chi connectivity index (χ0n) is 15.2. The number of H-pyrrole nitrogens is 1. The molecule has 29 heavy (non-hydrogen) atoms. The predicted molar refractivity (Wildman–Crippen MR) is 105 cm³/mol. The summed E-state index contributed by atoms with van der Waals surface area (Å²) >= 11 is 0. The highest BCUT2D eigenvalue weighted by Gasteiger charge is 2.34. The van der Waals surface area contributed by atoms with Gasteiger partial charge in [-0.05, 0) is 18.2 Å². The minimum absolute atomic E-state index is 0.0214. The number of nitrogens with zero attached hydrogens (tertiary/aromatic N) is 6. The van der Waals surface area contributed by atoms with E-state index in [9.17, 15) is 9.59 Å². The van der Waals surface area contributed by atoms with E-state index in [0.29, 0.717) is 35.5 Å². The van der Waals surface area contributed by atoms with E-state index in [1.165, 1.54) is 4.57 Å². The molecule has 1 aliphatic heterocycles. The van der Waals surface area contributed by atoms with Gasteiger partial charge in [0, 0.05) is 31.0 Å². The first-order valence-electron chi connectivity index (χ1n) is 8.92. The Bertz CT molecular complexity index is 1300. The minimum atomic E-state index is -0.258. The number of amides is 1. The molecular weight excluding hydrogens is 374 g/mol. The average molecular weight is 391 g/mol. The lowest BCUT2D eigenvalue weighted by Crippen LogP contribution is -2.50. The molecule has 1 amide bonds. The first kappa shape index (κ1) is 17.0.